The molecule has 0 aliphatic rings. The molecule has 52 heavy (non-hydrogen) atoms. The van der Waals surface area contributed by atoms with E-state index >= 15 is 0 Å². The van der Waals surface area contributed by atoms with Gasteiger partial charge in [-0.3, -0.25) is 4.57 Å². The Balaban J connectivity index is 1.39. The second-order valence-corrected chi connectivity index (χ2v) is 16.3. The maximum Gasteiger partial charge on any atom is 0.150 e. The molecule has 0 saturated carbocycles. The lowest BCUT2D eigenvalue weighted by Crippen LogP contribution is -2.13. The van der Waals surface area contributed by atoms with Crippen molar-refractivity contribution in [3.05, 3.63) is 112 Å². The first kappa shape index (κ1) is 36.7. The fourth-order valence-corrected chi connectivity index (χ4v) is 8.66. The number of nitrogens with zero attached hydrogens (tertiary/aromatic N) is 2. The van der Waals surface area contributed by atoms with E-state index in [2.05, 4.69) is 153 Å². The van der Waals surface area contributed by atoms with Gasteiger partial charge in [-0.2, -0.15) is 0 Å². The average molecular weight is 819 g/mol. The second-order valence-electron chi connectivity index (χ2n) is 14.4. The van der Waals surface area contributed by atoms with Crippen LogP contribution in [0.1, 0.15) is 90.9 Å². The van der Waals surface area contributed by atoms with Gasteiger partial charge in [0.05, 0.1) is 23.2 Å². The zero-order chi connectivity index (χ0) is 35.9. The molecule has 0 aliphatic heterocycles. The zero-order valence-corrected chi connectivity index (χ0v) is 33.8. The van der Waals surface area contributed by atoms with Gasteiger partial charge in [-0.05, 0) is 82.8 Å². The number of fused-ring (bicyclic) bond motifs is 7. The Morgan fingerprint density at radius 1 is 0.596 bits per heavy atom. The number of benzene rings is 6. The van der Waals surface area contributed by atoms with E-state index in [1.54, 1.807) is 0 Å². The minimum atomic E-state index is 0.540. The first-order chi connectivity index (χ1) is 25.6. The largest absolute Gasteiger partial charge is 0.493 e. The van der Waals surface area contributed by atoms with Gasteiger partial charge in [0.25, 0.3) is 0 Å². The minimum absolute atomic E-state index is 0.540. The number of hydrogen-bond donors (Lipinski definition) is 0. The molecule has 0 spiro atoms. The normalized spacial score (nSPS) is 12.4. The Morgan fingerprint density at radius 2 is 1.21 bits per heavy atom. The summed E-state index contributed by atoms with van der Waals surface area (Å²) in [6, 6.07) is 37.0. The van der Waals surface area contributed by atoms with Gasteiger partial charge in [0.15, 0.2) is 0 Å². The number of imidazole rings is 1. The SMILES string of the molecule is CCCCCCCCC(CCCCCC)COc1ccc2ccccc2c1-c1nc2c3cc(Br)ccc3c3ccc(Br)cc3c2n1-c1ccccc1. The third-order valence-corrected chi connectivity index (χ3v) is 11.7. The van der Waals surface area contributed by atoms with E-state index in [4.69, 9.17) is 9.72 Å². The molecule has 0 aliphatic carbocycles. The summed E-state index contributed by atoms with van der Waals surface area (Å²) in [4.78, 5) is 5.65. The molecule has 7 rings (SSSR count). The number of para-hydroxylation sites is 1. The lowest BCUT2D eigenvalue weighted by atomic mass is 9.95. The lowest BCUT2D eigenvalue weighted by molar-refractivity contribution is 0.225. The number of ether oxygens (including phenoxy) is 1. The van der Waals surface area contributed by atoms with Crippen LogP contribution >= 0.6 is 31.9 Å². The van der Waals surface area contributed by atoms with Gasteiger partial charge < -0.3 is 4.74 Å². The van der Waals surface area contributed by atoms with Crippen molar-refractivity contribution in [3.63, 3.8) is 0 Å². The van der Waals surface area contributed by atoms with Crippen LogP contribution in [-0.2, 0) is 0 Å². The van der Waals surface area contributed by atoms with Crippen molar-refractivity contribution in [1.82, 2.24) is 9.55 Å². The molecule has 1 unspecified atom stereocenters. The molecule has 6 aromatic carbocycles. The highest BCUT2D eigenvalue weighted by Gasteiger charge is 2.25. The summed E-state index contributed by atoms with van der Waals surface area (Å²) in [7, 11) is 0. The fraction of sp³-hybridized carbons (Fsp3) is 0.340. The van der Waals surface area contributed by atoms with Gasteiger partial charge in [-0.25, -0.2) is 4.98 Å². The van der Waals surface area contributed by atoms with E-state index in [-0.39, 0.29) is 0 Å². The molecule has 0 saturated heterocycles. The van der Waals surface area contributed by atoms with Crippen LogP contribution in [-0.4, -0.2) is 16.2 Å². The summed E-state index contributed by atoms with van der Waals surface area (Å²) in [6.45, 7) is 5.32. The van der Waals surface area contributed by atoms with Crippen LogP contribution in [0, 0.1) is 5.92 Å². The second kappa shape index (κ2) is 17.4. The number of hydrogen-bond acceptors (Lipinski definition) is 2. The van der Waals surface area contributed by atoms with Crippen molar-refractivity contribution in [3.8, 4) is 22.8 Å². The molecule has 5 heteroatoms. The number of rotatable bonds is 17. The van der Waals surface area contributed by atoms with Crippen molar-refractivity contribution in [2.24, 2.45) is 5.92 Å². The Bertz CT molecular complexity index is 2280. The van der Waals surface area contributed by atoms with E-state index in [9.17, 15) is 0 Å². The fourth-order valence-electron chi connectivity index (χ4n) is 7.94. The summed E-state index contributed by atoms with van der Waals surface area (Å²) in [5.74, 6) is 2.35. The maximum absolute atomic E-state index is 7.05. The first-order valence-electron chi connectivity index (χ1n) is 19.5. The Labute approximate surface area is 326 Å². The molecule has 7 aromatic rings. The molecule has 1 atom stereocenters. The maximum atomic E-state index is 7.05. The highest BCUT2D eigenvalue weighted by Crippen LogP contribution is 2.44. The van der Waals surface area contributed by atoms with Crippen LogP contribution in [0.2, 0.25) is 0 Å². The molecular formula is C47H50Br2N2O. The van der Waals surface area contributed by atoms with E-state index in [1.807, 2.05) is 0 Å². The number of halogens is 2. The van der Waals surface area contributed by atoms with E-state index in [0.717, 1.165) is 65.6 Å². The van der Waals surface area contributed by atoms with Crippen molar-refractivity contribution in [2.45, 2.75) is 90.9 Å². The summed E-state index contributed by atoms with van der Waals surface area (Å²) >= 11 is 7.59. The summed E-state index contributed by atoms with van der Waals surface area (Å²) in [6.07, 6.45) is 15.6. The third-order valence-electron chi connectivity index (χ3n) is 10.7. The Kier molecular flexibility index (Phi) is 12.3. The predicted molar refractivity (Wildman–Crippen MR) is 230 cm³/mol. The topological polar surface area (TPSA) is 27.1 Å². The van der Waals surface area contributed by atoms with Crippen LogP contribution in [0.25, 0.3) is 60.4 Å². The van der Waals surface area contributed by atoms with E-state index in [1.165, 1.54) is 93.2 Å². The molecule has 0 radical (unpaired) electrons. The van der Waals surface area contributed by atoms with Gasteiger partial charge >= 0.3 is 0 Å². The van der Waals surface area contributed by atoms with Gasteiger partial charge in [-0.1, -0.05) is 171 Å². The van der Waals surface area contributed by atoms with Crippen LogP contribution in [0.5, 0.6) is 5.75 Å². The minimum Gasteiger partial charge on any atom is -0.493 e. The van der Waals surface area contributed by atoms with Crippen LogP contribution < -0.4 is 4.74 Å². The third kappa shape index (κ3) is 7.96. The van der Waals surface area contributed by atoms with Gasteiger partial charge in [0.1, 0.15) is 11.6 Å². The molecule has 1 heterocycles. The molecular weight excluding hydrogens is 768 g/mol. The summed E-state index contributed by atoms with van der Waals surface area (Å²) in [5, 5.41) is 7.02. The summed E-state index contributed by atoms with van der Waals surface area (Å²) < 4.78 is 11.5. The van der Waals surface area contributed by atoms with Gasteiger partial charge in [-0.15, -0.1) is 0 Å². The van der Waals surface area contributed by atoms with Crippen molar-refractivity contribution in [1.29, 1.82) is 0 Å². The quantitative estimate of drug-likeness (QED) is 0.0676. The summed E-state index contributed by atoms with van der Waals surface area (Å²) in [5.41, 5.74) is 4.20. The van der Waals surface area contributed by atoms with Gasteiger partial charge in [0, 0.05) is 25.4 Å². The molecule has 3 nitrogen and oxygen atoms in total. The lowest BCUT2D eigenvalue weighted by Gasteiger charge is -2.21. The van der Waals surface area contributed by atoms with Gasteiger partial charge in [0.2, 0.25) is 0 Å². The predicted octanol–water partition coefficient (Wildman–Crippen LogP) is 15.4. The standard InChI is InChI=1S/C47H50Br2N2O/c1-3-5-7-9-10-13-19-33(18-12-8-6-4-2)32-52-43-29-24-34-20-16-17-23-38(34)44(43)47-50-45-41-30-35(48)25-27-39(41)40-28-26-36(49)31-42(40)46(45)51(47)37-21-14-11-15-22-37/h11,14-17,20-31,33H,3-10,12-13,18-19,32H2,1-2H3. The molecule has 0 fully saturated rings. The Morgan fingerprint density at radius 3 is 1.94 bits per heavy atom. The number of unbranched alkanes of at least 4 members (excludes halogenated alkanes) is 8. The molecule has 1 aromatic heterocycles. The molecule has 0 amide bonds. The van der Waals surface area contributed by atoms with Crippen molar-refractivity contribution >= 4 is 75.2 Å². The zero-order valence-electron chi connectivity index (χ0n) is 30.6. The van der Waals surface area contributed by atoms with E-state index < -0.39 is 0 Å². The molecule has 268 valence electrons. The average Bonchev–Trinajstić information content (AvgIpc) is 3.57. The first-order valence-corrected chi connectivity index (χ1v) is 21.1. The molecule has 0 N–H and O–H groups in total. The van der Waals surface area contributed by atoms with E-state index in [0.29, 0.717) is 5.92 Å². The van der Waals surface area contributed by atoms with Crippen LogP contribution in [0.3, 0.4) is 0 Å². The van der Waals surface area contributed by atoms with Crippen molar-refractivity contribution in [2.75, 3.05) is 6.61 Å². The van der Waals surface area contributed by atoms with Crippen LogP contribution in [0.4, 0.5) is 0 Å². The smallest absolute Gasteiger partial charge is 0.150 e. The Hall–Kier alpha value is -3.67. The van der Waals surface area contributed by atoms with Crippen LogP contribution in [0.15, 0.2) is 112 Å². The highest BCUT2D eigenvalue weighted by molar-refractivity contribution is 9.10. The highest BCUT2D eigenvalue weighted by atomic mass is 79.9. The monoisotopic (exact) mass is 816 g/mol. The number of aromatic nitrogens is 2. The van der Waals surface area contributed by atoms with Crippen molar-refractivity contribution < 1.29 is 4.74 Å². The molecule has 0 bridgehead atoms.